The molecule has 0 saturated heterocycles. The molecular formula is C16H12N2O2. The molecule has 0 aliphatic heterocycles. The van der Waals surface area contributed by atoms with Crippen molar-refractivity contribution in [1.29, 1.82) is 0 Å². The summed E-state index contributed by atoms with van der Waals surface area (Å²) in [7, 11) is 1.36. The number of benzene rings is 2. The maximum absolute atomic E-state index is 11.5. The Morgan fingerprint density at radius 3 is 2.65 bits per heavy atom. The van der Waals surface area contributed by atoms with E-state index in [-0.39, 0.29) is 5.97 Å². The van der Waals surface area contributed by atoms with Crippen LogP contribution in [0.25, 0.3) is 22.3 Å². The summed E-state index contributed by atoms with van der Waals surface area (Å²) in [5.74, 6) is 0.308. The van der Waals surface area contributed by atoms with Gasteiger partial charge in [-0.1, -0.05) is 30.3 Å². The Labute approximate surface area is 116 Å². The predicted octanol–water partition coefficient (Wildman–Crippen LogP) is 3.08. The molecule has 0 atom stereocenters. The smallest absolute Gasteiger partial charge is 0.337 e. The largest absolute Gasteiger partial charge is 0.465 e. The lowest BCUT2D eigenvalue weighted by Gasteiger charge is -2.04. The summed E-state index contributed by atoms with van der Waals surface area (Å²) in [6.07, 6.45) is 1.72. The van der Waals surface area contributed by atoms with E-state index in [0.717, 1.165) is 16.5 Å². The summed E-state index contributed by atoms with van der Waals surface area (Å²) in [5.41, 5.74) is 2.26. The van der Waals surface area contributed by atoms with E-state index in [2.05, 4.69) is 9.97 Å². The van der Waals surface area contributed by atoms with Gasteiger partial charge in [0.1, 0.15) is 0 Å². The maximum Gasteiger partial charge on any atom is 0.337 e. The van der Waals surface area contributed by atoms with E-state index in [1.165, 1.54) is 7.11 Å². The molecule has 3 aromatic rings. The molecule has 0 spiro atoms. The van der Waals surface area contributed by atoms with E-state index >= 15 is 0 Å². The lowest BCUT2D eigenvalue weighted by Crippen LogP contribution is -2.01. The standard InChI is InChI=1S/C16H12N2O2/c1-20-16(19)12-7-8-14-13(9-12)10-17-15(18-14)11-5-3-2-4-6-11/h2-10H,1H3. The Hall–Kier alpha value is -2.75. The van der Waals surface area contributed by atoms with Crippen LogP contribution in [0.3, 0.4) is 0 Å². The van der Waals surface area contributed by atoms with Crippen LogP contribution in [0.4, 0.5) is 0 Å². The van der Waals surface area contributed by atoms with Gasteiger partial charge in [-0.3, -0.25) is 0 Å². The highest BCUT2D eigenvalue weighted by Gasteiger charge is 2.08. The molecule has 20 heavy (non-hydrogen) atoms. The molecule has 98 valence electrons. The third-order valence-electron chi connectivity index (χ3n) is 3.03. The van der Waals surface area contributed by atoms with Gasteiger partial charge in [0.2, 0.25) is 0 Å². The average Bonchev–Trinajstić information content (AvgIpc) is 2.54. The normalized spacial score (nSPS) is 10.4. The first-order valence-electron chi connectivity index (χ1n) is 6.18. The van der Waals surface area contributed by atoms with Gasteiger partial charge in [0.25, 0.3) is 0 Å². The highest BCUT2D eigenvalue weighted by molar-refractivity contribution is 5.94. The molecule has 0 N–H and O–H groups in total. The average molecular weight is 264 g/mol. The Bertz CT molecular complexity index is 770. The van der Waals surface area contributed by atoms with Crippen molar-refractivity contribution in [3.63, 3.8) is 0 Å². The van der Waals surface area contributed by atoms with Gasteiger partial charge in [0, 0.05) is 17.1 Å². The molecule has 0 fully saturated rings. The molecule has 3 rings (SSSR count). The minimum absolute atomic E-state index is 0.362. The Morgan fingerprint density at radius 1 is 1.10 bits per heavy atom. The van der Waals surface area contributed by atoms with Gasteiger partial charge < -0.3 is 4.74 Å². The van der Waals surface area contributed by atoms with E-state index in [9.17, 15) is 4.79 Å². The van der Waals surface area contributed by atoms with Crippen LogP contribution in [-0.2, 0) is 4.74 Å². The van der Waals surface area contributed by atoms with Gasteiger partial charge in [-0.15, -0.1) is 0 Å². The van der Waals surface area contributed by atoms with E-state index < -0.39 is 0 Å². The fourth-order valence-electron chi connectivity index (χ4n) is 2.00. The van der Waals surface area contributed by atoms with Crippen LogP contribution >= 0.6 is 0 Å². The van der Waals surface area contributed by atoms with Crippen molar-refractivity contribution in [2.24, 2.45) is 0 Å². The number of hydrogen-bond acceptors (Lipinski definition) is 4. The third kappa shape index (κ3) is 2.23. The molecule has 1 aromatic heterocycles. The fraction of sp³-hybridized carbons (Fsp3) is 0.0625. The third-order valence-corrected chi connectivity index (χ3v) is 3.03. The first kappa shape index (κ1) is 12.3. The summed E-state index contributed by atoms with van der Waals surface area (Å²) >= 11 is 0. The van der Waals surface area contributed by atoms with Crippen LogP contribution in [0, 0.1) is 0 Å². The molecule has 0 radical (unpaired) electrons. The predicted molar refractivity (Wildman–Crippen MR) is 76.3 cm³/mol. The molecule has 0 amide bonds. The van der Waals surface area contributed by atoms with Crippen molar-refractivity contribution in [3.8, 4) is 11.4 Å². The van der Waals surface area contributed by atoms with Crippen LogP contribution in [0.15, 0.2) is 54.7 Å². The van der Waals surface area contributed by atoms with Crippen molar-refractivity contribution in [2.45, 2.75) is 0 Å². The number of carbonyl (C=O) groups excluding carboxylic acids is 1. The van der Waals surface area contributed by atoms with Crippen molar-refractivity contribution in [1.82, 2.24) is 9.97 Å². The number of methoxy groups -OCH3 is 1. The number of nitrogens with zero attached hydrogens (tertiary/aromatic N) is 2. The number of esters is 1. The van der Waals surface area contributed by atoms with Gasteiger partial charge in [0.15, 0.2) is 5.82 Å². The van der Waals surface area contributed by atoms with E-state index in [0.29, 0.717) is 11.4 Å². The van der Waals surface area contributed by atoms with Crippen molar-refractivity contribution >= 4 is 16.9 Å². The van der Waals surface area contributed by atoms with Crippen LogP contribution in [0.5, 0.6) is 0 Å². The number of hydrogen-bond donors (Lipinski definition) is 0. The monoisotopic (exact) mass is 264 g/mol. The van der Waals surface area contributed by atoms with Crippen molar-refractivity contribution < 1.29 is 9.53 Å². The van der Waals surface area contributed by atoms with Crippen LogP contribution in [0.2, 0.25) is 0 Å². The number of aromatic nitrogens is 2. The van der Waals surface area contributed by atoms with Crippen LogP contribution < -0.4 is 0 Å². The minimum Gasteiger partial charge on any atom is -0.465 e. The zero-order valence-corrected chi connectivity index (χ0v) is 10.9. The Balaban J connectivity index is 2.07. The lowest BCUT2D eigenvalue weighted by atomic mass is 10.1. The summed E-state index contributed by atoms with van der Waals surface area (Å²) in [4.78, 5) is 20.3. The zero-order chi connectivity index (χ0) is 13.9. The highest BCUT2D eigenvalue weighted by atomic mass is 16.5. The van der Waals surface area contributed by atoms with Crippen LogP contribution in [0.1, 0.15) is 10.4 Å². The van der Waals surface area contributed by atoms with E-state index in [1.807, 2.05) is 30.3 Å². The van der Waals surface area contributed by atoms with Gasteiger partial charge in [0.05, 0.1) is 18.2 Å². The van der Waals surface area contributed by atoms with Gasteiger partial charge in [-0.25, -0.2) is 14.8 Å². The molecule has 1 heterocycles. The first-order chi connectivity index (χ1) is 9.78. The number of carbonyl (C=O) groups is 1. The molecule has 4 heteroatoms. The highest BCUT2D eigenvalue weighted by Crippen LogP contribution is 2.19. The summed E-state index contributed by atoms with van der Waals surface area (Å²) < 4.78 is 4.70. The molecule has 0 bridgehead atoms. The van der Waals surface area contributed by atoms with Crippen LogP contribution in [-0.4, -0.2) is 23.0 Å². The van der Waals surface area contributed by atoms with E-state index in [1.54, 1.807) is 24.4 Å². The SMILES string of the molecule is COC(=O)c1ccc2nc(-c3ccccc3)ncc2c1. The number of rotatable bonds is 2. The summed E-state index contributed by atoms with van der Waals surface area (Å²) in [6, 6.07) is 15.0. The zero-order valence-electron chi connectivity index (χ0n) is 10.9. The van der Waals surface area contributed by atoms with Gasteiger partial charge >= 0.3 is 5.97 Å². The summed E-state index contributed by atoms with van der Waals surface area (Å²) in [5, 5.41) is 0.813. The first-order valence-corrected chi connectivity index (χ1v) is 6.18. The van der Waals surface area contributed by atoms with Gasteiger partial charge in [-0.05, 0) is 18.2 Å². The number of ether oxygens (including phenoxy) is 1. The number of fused-ring (bicyclic) bond motifs is 1. The van der Waals surface area contributed by atoms with Crippen molar-refractivity contribution in [3.05, 3.63) is 60.3 Å². The quantitative estimate of drug-likeness (QED) is 0.667. The maximum atomic E-state index is 11.5. The molecule has 0 aliphatic carbocycles. The van der Waals surface area contributed by atoms with Crippen molar-refractivity contribution in [2.75, 3.05) is 7.11 Å². The molecule has 0 unspecified atom stereocenters. The van der Waals surface area contributed by atoms with Gasteiger partial charge in [-0.2, -0.15) is 0 Å². The molecule has 0 saturated carbocycles. The molecular weight excluding hydrogens is 252 g/mol. The summed E-state index contributed by atoms with van der Waals surface area (Å²) in [6.45, 7) is 0. The van der Waals surface area contributed by atoms with E-state index in [4.69, 9.17) is 4.74 Å². The second-order valence-electron chi connectivity index (χ2n) is 4.32. The molecule has 4 nitrogen and oxygen atoms in total. The molecule has 2 aromatic carbocycles. The molecule has 0 aliphatic rings. The Kier molecular flexibility index (Phi) is 3.13. The minimum atomic E-state index is -0.362. The second-order valence-corrected chi connectivity index (χ2v) is 4.32. The fourth-order valence-corrected chi connectivity index (χ4v) is 2.00. The lowest BCUT2D eigenvalue weighted by molar-refractivity contribution is 0.0601. The topological polar surface area (TPSA) is 52.1 Å². The second kappa shape index (κ2) is 5.09. The Morgan fingerprint density at radius 2 is 1.90 bits per heavy atom.